The summed E-state index contributed by atoms with van der Waals surface area (Å²) in [6, 6.07) is 16.8. The summed E-state index contributed by atoms with van der Waals surface area (Å²) < 4.78 is 5.85. The Balaban J connectivity index is 1.94. The summed E-state index contributed by atoms with van der Waals surface area (Å²) in [5.41, 5.74) is 9.96. The number of nitrogens with zero attached hydrogens (tertiary/aromatic N) is 1. The van der Waals surface area contributed by atoms with Gasteiger partial charge in [-0.2, -0.15) is 0 Å². The highest BCUT2D eigenvalue weighted by Gasteiger charge is 2.19. The lowest BCUT2D eigenvalue weighted by atomic mass is 10.0. The summed E-state index contributed by atoms with van der Waals surface area (Å²) in [6.45, 7) is 4.57. The van der Waals surface area contributed by atoms with Crippen molar-refractivity contribution in [1.82, 2.24) is 0 Å². The number of nitrogens with two attached hydrogens (primary N) is 1. The monoisotopic (exact) mass is 282 g/mol. The lowest BCUT2D eigenvalue weighted by molar-refractivity contribution is 0.331. The van der Waals surface area contributed by atoms with Crippen molar-refractivity contribution in [2.45, 2.75) is 25.9 Å². The second-order valence-electron chi connectivity index (χ2n) is 5.45. The summed E-state index contributed by atoms with van der Waals surface area (Å²) in [4.78, 5) is 2.37. The van der Waals surface area contributed by atoms with E-state index in [4.69, 9.17) is 10.5 Å². The van der Waals surface area contributed by atoms with Gasteiger partial charge in [0.15, 0.2) is 0 Å². The van der Waals surface area contributed by atoms with Gasteiger partial charge in [0.05, 0.1) is 6.54 Å². The molecule has 3 rings (SSSR count). The minimum absolute atomic E-state index is 0.0839. The van der Waals surface area contributed by atoms with E-state index in [0.29, 0.717) is 6.61 Å². The van der Waals surface area contributed by atoms with E-state index in [2.05, 4.69) is 48.2 Å². The quantitative estimate of drug-likeness (QED) is 0.936. The van der Waals surface area contributed by atoms with Gasteiger partial charge in [-0.05, 0) is 24.1 Å². The molecule has 3 nitrogen and oxygen atoms in total. The number of para-hydroxylation sites is 2. The van der Waals surface area contributed by atoms with E-state index in [0.717, 1.165) is 25.3 Å². The summed E-state index contributed by atoms with van der Waals surface area (Å²) in [7, 11) is 0. The van der Waals surface area contributed by atoms with Crippen molar-refractivity contribution in [3.63, 3.8) is 0 Å². The summed E-state index contributed by atoms with van der Waals surface area (Å²) in [5, 5.41) is 0. The second kappa shape index (κ2) is 6.19. The highest BCUT2D eigenvalue weighted by atomic mass is 16.5. The second-order valence-corrected chi connectivity index (χ2v) is 5.45. The van der Waals surface area contributed by atoms with Gasteiger partial charge < -0.3 is 15.4 Å². The fourth-order valence-corrected chi connectivity index (χ4v) is 2.84. The van der Waals surface area contributed by atoms with Crippen LogP contribution >= 0.6 is 0 Å². The van der Waals surface area contributed by atoms with Crippen LogP contribution in [0.3, 0.4) is 0 Å². The van der Waals surface area contributed by atoms with Crippen LogP contribution < -0.4 is 15.4 Å². The molecule has 0 aromatic heterocycles. The predicted molar refractivity (Wildman–Crippen MR) is 86.6 cm³/mol. The SMILES string of the molecule is CCC(N)c1ccccc1N1CCOc2ccccc2C1. The molecule has 0 saturated heterocycles. The minimum atomic E-state index is 0.0839. The molecule has 21 heavy (non-hydrogen) atoms. The average Bonchev–Trinajstić information content (AvgIpc) is 2.76. The van der Waals surface area contributed by atoms with Crippen molar-refractivity contribution in [2.75, 3.05) is 18.1 Å². The number of hydrogen-bond acceptors (Lipinski definition) is 3. The van der Waals surface area contributed by atoms with E-state index >= 15 is 0 Å². The van der Waals surface area contributed by atoms with Crippen LogP contribution in [-0.2, 0) is 6.54 Å². The number of hydrogen-bond donors (Lipinski definition) is 1. The van der Waals surface area contributed by atoms with Crippen LogP contribution in [0.5, 0.6) is 5.75 Å². The fraction of sp³-hybridized carbons (Fsp3) is 0.333. The molecule has 110 valence electrons. The molecule has 0 amide bonds. The first-order chi connectivity index (χ1) is 10.3. The van der Waals surface area contributed by atoms with Gasteiger partial charge in [0, 0.05) is 23.8 Å². The topological polar surface area (TPSA) is 38.5 Å². The van der Waals surface area contributed by atoms with E-state index < -0.39 is 0 Å². The molecule has 1 unspecified atom stereocenters. The Morgan fingerprint density at radius 1 is 1.14 bits per heavy atom. The van der Waals surface area contributed by atoms with E-state index in [1.54, 1.807) is 0 Å². The van der Waals surface area contributed by atoms with Gasteiger partial charge in [-0.3, -0.25) is 0 Å². The van der Waals surface area contributed by atoms with Crippen molar-refractivity contribution in [2.24, 2.45) is 5.73 Å². The average molecular weight is 282 g/mol. The van der Waals surface area contributed by atoms with Crippen LogP contribution in [-0.4, -0.2) is 13.2 Å². The first-order valence-electron chi connectivity index (χ1n) is 7.59. The third-order valence-corrected chi connectivity index (χ3v) is 4.07. The standard InChI is InChI=1S/C18H22N2O/c1-2-16(19)15-8-4-5-9-17(15)20-11-12-21-18-10-6-3-7-14(18)13-20/h3-10,16H,2,11-13,19H2,1H3. The molecule has 3 heteroatoms. The van der Waals surface area contributed by atoms with Crippen molar-refractivity contribution in [1.29, 1.82) is 0 Å². The van der Waals surface area contributed by atoms with Gasteiger partial charge >= 0.3 is 0 Å². The number of fused-ring (bicyclic) bond motifs is 1. The van der Waals surface area contributed by atoms with Crippen LogP contribution in [0.4, 0.5) is 5.69 Å². The highest BCUT2D eigenvalue weighted by molar-refractivity contribution is 5.56. The van der Waals surface area contributed by atoms with E-state index in [1.165, 1.54) is 16.8 Å². The molecule has 0 bridgehead atoms. The molecule has 0 radical (unpaired) electrons. The maximum absolute atomic E-state index is 6.28. The fourth-order valence-electron chi connectivity index (χ4n) is 2.84. The molecule has 1 aliphatic rings. The summed E-state index contributed by atoms with van der Waals surface area (Å²) in [5.74, 6) is 0.997. The Morgan fingerprint density at radius 2 is 1.90 bits per heavy atom. The van der Waals surface area contributed by atoms with Crippen molar-refractivity contribution in [3.05, 3.63) is 59.7 Å². The van der Waals surface area contributed by atoms with Crippen molar-refractivity contribution in [3.8, 4) is 5.75 Å². The Labute approximate surface area is 126 Å². The largest absolute Gasteiger partial charge is 0.491 e. The van der Waals surface area contributed by atoms with Crippen LogP contribution in [0.25, 0.3) is 0 Å². The summed E-state index contributed by atoms with van der Waals surface area (Å²) in [6.07, 6.45) is 0.942. The number of ether oxygens (including phenoxy) is 1. The molecular weight excluding hydrogens is 260 g/mol. The van der Waals surface area contributed by atoms with E-state index in [9.17, 15) is 0 Å². The van der Waals surface area contributed by atoms with Crippen molar-refractivity contribution >= 4 is 5.69 Å². The predicted octanol–water partition coefficient (Wildman–Crippen LogP) is 3.50. The third-order valence-electron chi connectivity index (χ3n) is 4.07. The van der Waals surface area contributed by atoms with Gasteiger partial charge in [-0.15, -0.1) is 0 Å². The molecule has 1 heterocycles. The number of anilines is 1. The van der Waals surface area contributed by atoms with Crippen molar-refractivity contribution < 1.29 is 4.74 Å². The third kappa shape index (κ3) is 2.88. The Hall–Kier alpha value is -2.00. The van der Waals surface area contributed by atoms with Crippen LogP contribution in [0.2, 0.25) is 0 Å². The van der Waals surface area contributed by atoms with Gasteiger partial charge in [0.25, 0.3) is 0 Å². The smallest absolute Gasteiger partial charge is 0.124 e. The Kier molecular flexibility index (Phi) is 4.11. The molecule has 2 aromatic rings. The highest BCUT2D eigenvalue weighted by Crippen LogP contribution is 2.31. The lowest BCUT2D eigenvalue weighted by Crippen LogP contribution is -2.27. The zero-order valence-electron chi connectivity index (χ0n) is 12.5. The molecule has 1 atom stereocenters. The molecule has 2 aromatic carbocycles. The molecule has 1 aliphatic heterocycles. The van der Waals surface area contributed by atoms with Gasteiger partial charge in [0.1, 0.15) is 12.4 Å². The van der Waals surface area contributed by atoms with Gasteiger partial charge in [-0.1, -0.05) is 43.3 Å². The van der Waals surface area contributed by atoms with Crippen LogP contribution in [0.1, 0.15) is 30.5 Å². The molecule has 2 N–H and O–H groups in total. The first-order valence-corrected chi connectivity index (χ1v) is 7.59. The molecule has 0 fully saturated rings. The Morgan fingerprint density at radius 3 is 2.76 bits per heavy atom. The molecule has 0 aliphatic carbocycles. The maximum atomic E-state index is 6.28. The number of rotatable bonds is 3. The van der Waals surface area contributed by atoms with Crippen LogP contribution in [0.15, 0.2) is 48.5 Å². The van der Waals surface area contributed by atoms with E-state index in [-0.39, 0.29) is 6.04 Å². The normalized spacial score (nSPS) is 15.8. The minimum Gasteiger partial charge on any atom is -0.491 e. The first kappa shape index (κ1) is 14.0. The Bertz CT molecular complexity index is 612. The van der Waals surface area contributed by atoms with Gasteiger partial charge in [0.2, 0.25) is 0 Å². The molecule has 0 saturated carbocycles. The lowest BCUT2D eigenvalue weighted by Gasteiger charge is -2.26. The summed E-state index contributed by atoms with van der Waals surface area (Å²) >= 11 is 0. The zero-order chi connectivity index (χ0) is 14.7. The molecular formula is C18H22N2O. The maximum Gasteiger partial charge on any atom is 0.124 e. The van der Waals surface area contributed by atoms with E-state index in [1.807, 2.05) is 12.1 Å². The molecule has 0 spiro atoms. The van der Waals surface area contributed by atoms with Crippen LogP contribution in [0, 0.1) is 0 Å². The van der Waals surface area contributed by atoms with Gasteiger partial charge in [-0.25, -0.2) is 0 Å². The zero-order valence-corrected chi connectivity index (χ0v) is 12.5. The number of benzene rings is 2.